The third-order valence-electron chi connectivity index (χ3n) is 4.22. The van der Waals surface area contributed by atoms with Crippen molar-refractivity contribution in [3.63, 3.8) is 0 Å². The molecule has 2 fully saturated rings. The Kier molecular flexibility index (Phi) is 5.84. The van der Waals surface area contributed by atoms with Gasteiger partial charge in [-0.05, 0) is 37.8 Å². The van der Waals surface area contributed by atoms with E-state index in [9.17, 15) is 18.0 Å². The average Bonchev–Trinajstić information content (AvgIpc) is 2.96. The highest BCUT2D eigenvalue weighted by molar-refractivity contribution is 5.87. The molecule has 1 heterocycles. The lowest BCUT2D eigenvalue weighted by Crippen LogP contribution is -2.52. The van der Waals surface area contributed by atoms with Gasteiger partial charge in [-0.25, -0.2) is 4.79 Å². The zero-order chi connectivity index (χ0) is 17.8. The van der Waals surface area contributed by atoms with E-state index in [0.717, 1.165) is 12.8 Å². The minimum atomic E-state index is -4.22. The van der Waals surface area contributed by atoms with Crippen LogP contribution in [-0.4, -0.2) is 41.7 Å². The molecule has 4 N–H and O–H groups in total. The van der Waals surface area contributed by atoms with Gasteiger partial charge in [0.2, 0.25) is 0 Å². The first-order chi connectivity index (χ1) is 11.2. The smallest absolute Gasteiger partial charge is 0.406 e. The molecule has 1 saturated carbocycles. The number of carboxylic acids is 1. The van der Waals surface area contributed by atoms with Gasteiger partial charge in [0.05, 0.1) is 12.2 Å². The predicted molar refractivity (Wildman–Crippen MR) is 81.5 cm³/mol. The maximum absolute atomic E-state index is 12.4. The zero-order valence-electron chi connectivity index (χ0n) is 13.1. The normalized spacial score (nSPS) is 29.8. The van der Waals surface area contributed by atoms with Crippen LogP contribution in [0.4, 0.5) is 13.2 Å². The molecule has 1 aliphatic carbocycles. The number of rotatable bonds is 1. The van der Waals surface area contributed by atoms with Crippen LogP contribution in [0, 0.1) is 0 Å². The van der Waals surface area contributed by atoms with Crippen LogP contribution in [0.5, 0.6) is 0 Å². The predicted octanol–water partition coefficient (Wildman–Crippen LogP) is 2.52. The van der Waals surface area contributed by atoms with Crippen LogP contribution in [0.2, 0.25) is 0 Å². The molecule has 1 spiro atoms. The number of halogens is 3. The highest BCUT2D eigenvalue weighted by Crippen LogP contribution is 2.36. The van der Waals surface area contributed by atoms with Crippen LogP contribution in [-0.2, 0) is 4.74 Å². The summed E-state index contributed by atoms with van der Waals surface area (Å²) >= 11 is 0. The minimum absolute atomic E-state index is 0.103. The Morgan fingerprint density at radius 3 is 2.25 bits per heavy atom. The monoisotopic (exact) mass is 346 g/mol. The maximum atomic E-state index is 12.4. The summed E-state index contributed by atoms with van der Waals surface area (Å²) in [6, 6.07) is 6.88. The Hall–Kier alpha value is -1.64. The summed E-state index contributed by atoms with van der Waals surface area (Å²) in [6.07, 6.45) is -1.64. The van der Waals surface area contributed by atoms with Crippen molar-refractivity contribution >= 4 is 5.97 Å². The second kappa shape index (κ2) is 7.50. The second-order valence-electron chi connectivity index (χ2n) is 6.05. The molecule has 1 atom stereocenters. The van der Waals surface area contributed by atoms with Crippen LogP contribution in [0.15, 0.2) is 30.3 Å². The highest BCUT2D eigenvalue weighted by Gasteiger charge is 2.51. The number of hydrogen-bond donors (Lipinski definition) is 3. The summed E-state index contributed by atoms with van der Waals surface area (Å²) in [5, 5.41) is 10.9. The highest BCUT2D eigenvalue weighted by atomic mass is 19.4. The zero-order valence-corrected chi connectivity index (χ0v) is 13.1. The van der Waals surface area contributed by atoms with Crippen molar-refractivity contribution in [3.8, 4) is 0 Å². The second-order valence-corrected chi connectivity index (χ2v) is 6.05. The van der Waals surface area contributed by atoms with Gasteiger partial charge in [0, 0.05) is 6.04 Å². The molecule has 1 saturated heterocycles. The lowest BCUT2D eigenvalue weighted by Gasteiger charge is -2.35. The van der Waals surface area contributed by atoms with E-state index < -0.39 is 23.9 Å². The van der Waals surface area contributed by atoms with Gasteiger partial charge < -0.3 is 15.6 Å². The number of carbonyl (C=O) groups is 1. The lowest BCUT2D eigenvalue weighted by molar-refractivity contribution is -0.152. The van der Waals surface area contributed by atoms with Gasteiger partial charge in [0.1, 0.15) is 11.8 Å². The van der Waals surface area contributed by atoms with E-state index in [0.29, 0.717) is 18.4 Å². The first-order valence-corrected chi connectivity index (χ1v) is 7.74. The summed E-state index contributed by atoms with van der Waals surface area (Å²) in [7, 11) is 0. The molecule has 2 aliphatic rings. The summed E-state index contributed by atoms with van der Waals surface area (Å²) in [5.74, 6) is -0.879. The van der Waals surface area contributed by atoms with E-state index >= 15 is 0 Å². The molecule has 1 aromatic carbocycles. The summed E-state index contributed by atoms with van der Waals surface area (Å²) in [4.78, 5) is 10.2. The van der Waals surface area contributed by atoms with Gasteiger partial charge in [-0.1, -0.05) is 18.2 Å². The van der Waals surface area contributed by atoms with Crippen molar-refractivity contribution in [3.05, 3.63) is 35.9 Å². The fourth-order valence-electron chi connectivity index (χ4n) is 2.80. The molecule has 1 aliphatic heterocycles. The average molecular weight is 346 g/mol. The number of aromatic carboxylic acids is 1. The van der Waals surface area contributed by atoms with Crippen LogP contribution in [0.3, 0.4) is 0 Å². The minimum Gasteiger partial charge on any atom is -0.478 e. The molecular weight excluding hydrogens is 325 g/mol. The van der Waals surface area contributed by atoms with E-state index in [1.807, 2.05) is 0 Å². The van der Waals surface area contributed by atoms with E-state index in [-0.39, 0.29) is 12.6 Å². The van der Waals surface area contributed by atoms with Crippen molar-refractivity contribution in [1.29, 1.82) is 0 Å². The summed E-state index contributed by atoms with van der Waals surface area (Å²) < 4.78 is 42.5. The number of nitrogens with one attached hydrogen (secondary N) is 1. The van der Waals surface area contributed by atoms with Crippen molar-refractivity contribution < 1.29 is 27.8 Å². The molecule has 0 unspecified atom stereocenters. The third-order valence-corrected chi connectivity index (χ3v) is 4.22. The topological polar surface area (TPSA) is 84.6 Å². The maximum Gasteiger partial charge on any atom is 0.406 e. The number of ether oxygens (including phenoxy) is 1. The first-order valence-electron chi connectivity index (χ1n) is 7.74. The quantitative estimate of drug-likeness (QED) is 0.728. The number of hydrogen-bond acceptors (Lipinski definition) is 4. The van der Waals surface area contributed by atoms with Crippen LogP contribution in [0.25, 0.3) is 0 Å². The van der Waals surface area contributed by atoms with Crippen molar-refractivity contribution in [2.24, 2.45) is 5.73 Å². The molecule has 0 bridgehead atoms. The summed E-state index contributed by atoms with van der Waals surface area (Å²) in [6.45, 7) is -0.279. The van der Waals surface area contributed by atoms with E-state index in [2.05, 4.69) is 5.32 Å². The molecule has 24 heavy (non-hydrogen) atoms. The van der Waals surface area contributed by atoms with Crippen LogP contribution in [0.1, 0.15) is 36.0 Å². The van der Waals surface area contributed by atoms with Gasteiger partial charge in [-0.15, -0.1) is 0 Å². The van der Waals surface area contributed by atoms with Gasteiger partial charge in [0.15, 0.2) is 0 Å². The SMILES string of the molecule is NC1CCC2(CC1)N[C@@H](C(F)(F)F)CO2.O=C(O)c1ccccc1. The fraction of sp³-hybridized carbons (Fsp3) is 0.562. The van der Waals surface area contributed by atoms with Gasteiger partial charge in [0.25, 0.3) is 0 Å². The molecule has 0 aromatic heterocycles. The van der Waals surface area contributed by atoms with Crippen molar-refractivity contribution in [2.45, 2.75) is 49.7 Å². The largest absolute Gasteiger partial charge is 0.478 e. The van der Waals surface area contributed by atoms with E-state index in [4.69, 9.17) is 15.6 Å². The van der Waals surface area contributed by atoms with Crippen molar-refractivity contribution in [2.75, 3.05) is 6.61 Å². The third kappa shape index (κ3) is 4.93. The lowest BCUT2D eigenvalue weighted by atomic mass is 9.88. The molecular formula is C16H21F3N2O3. The molecule has 0 radical (unpaired) electrons. The molecule has 134 valence electrons. The van der Waals surface area contributed by atoms with Crippen molar-refractivity contribution in [1.82, 2.24) is 5.32 Å². The molecule has 0 amide bonds. The number of benzene rings is 1. The van der Waals surface area contributed by atoms with Gasteiger partial charge in [-0.3, -0.25) is 5.32 Å². The fourth-order valence-corrected chi connectivity index (χ4v) is 2.80. The number of nitrogens with two attached hydrogens (primary N) is 1. The molecule has 3 rings (SSSR count). The first kappa shape index (κ1) is 18.7. The molecule has 1 aromatic rings. The van der Waals surface area contributed by atoms with E-state index in [1.54, 1.807) is 30.3 Å². The van der Waals surface area contributed by atoms with Gasteiger partial charge >= 0.3 is 12.1 Å². The Balaban J connectivity index is 0.000000198. The standard InChI is InChI=1S/C9H15F3N2O.C7H6O2/c10-9(11,12)7-5-15-8(14-7)3-1-6(13)2-4-8;8-7(9)6-4-2-1-3-5-6/h6-7,14H,1-5,13H2;1-5H,(H,8,9)/t6?,7-,8?;/m1./s1. The Labute approximate surface area is 138 Å². The Morgan fingerprint density at radius 2 is 1.83 bits per heavy atom. The Bertz CT molecular complexity index is 543. The summed E-state index contributed by atoms with van der Waals surface area (Å²) in [5.41, 5.74) is 5.26. The van der Waals surface area contributed by atoms with Crippen LogP contribution < -0.4 is 11.1 Å². The molecule has 8 heteroatoms. The number of alkyl halides is 3. The Morgan fingerprint density at radius 1 is 1.25 bits per heavy atom. The van der Waals surface area contributed by atoms with Crippen LogP contribution >= 0.6 is 0 Å². The van der Waals surface area contributed by atoms with E-state index in [1.165, 1.54) is 0 Å². The number of carboxylic acid groups (broad SMARTS) is 1. The molecule has 5 nitrogen and oxygen atoms in total. The van der Waals surface area contributed by atoms with Gasteiger partial charge in [-0.2, -0.15) is 13.2 Å².